The molecule has 0 saturated carbocycles. The van der Waals surface area contributed by atoms with Crippen molar-refractivity contribution < 1.29 is 9.15 Å². The van der Waals surface area contributed by atoms with Crippen LogP contribution in [0, 0.1) is 0 Å². The van der Waals surface area contributed by atoms with Gasteiger partial charge in [0.2, 0.25) is 0 Å². The first-order valence-corrected chi connectivity index (χ1v) is 8.95. The van der Waals surface area contributed by atoms with Gasteiger partial charge in [0.05, 0.1) is 0 Å². The van der Waals surface area contributed by atoms with E-state index in [4.69, 9.17) is 9.15 Å². The van der Waals surface area contributed by atoms with Crippen LogP contribution in [0.4, 0.5) is 0 Å². The number of ether oxygens (including phenoxy) is 1. The minimum Gasteiger partial charge on any atom is -0.489 e. The minimum atomic E-state index is -0.0986. The molecular formula is C23H21NO3. The van der Waals surface area contributed by atoms with Crippen molar-refractivity contribution >= 4 is 11.1 Å². The van der Waals surface area contributed by atoms with Gasteiger partial charge in [0.1, 0.15) is 23.6 Å². The lowest BCUT2D eigenvalue weighted by Crippen LogP contribution is -2.10. The number of hydrogen-bond donors (Lipinski definition) is 0. The normalized spacial score (nSPS) is 11.8. The van der Waals surface area contributed by atoms with Gasteiger partial charge in [-0.2, -0.15) is 0 Å². The van der Waals surface area contributed by atoms with Crippen LogP contribution < -0.4 is 10.2 Å². The van der Waals surface area contributed by atoms with Gasteiger partial charge in [0, 0.05) is 12.1 Å². The van der Waals surface area contributed by atoms with E-state index in [1.807, 2.05) is 18.2 Å². The van der Waals surface area contributed by atoms with Gasteiger partial charge in [-0.05, 0) is 40.8 Å². The topological polar surface area (TPSA) is 52.3 Å². The van der Waals surface area contributed by atoms with Crippen LogP contribution in [0.2, 0.25) is 0 Å². The summed E-state index contributed by atoms with van der Waals surface area (Å²) in [6, 6.07) is 18.6. The third-order valence-electron chi connectivity index (χ3n) is 4.55. The fourth-order valence-corrected chi connectivity index (χ4v) is 2.94. The monoisotopic (exact) mass is 359 g/mol. The molecule has 0 fully saturated rings. The maximum Gasteiger partial charge on any atom is 0.182 e. The Bertz CT molecular complexity index is 1120. The summed E-state index contributed by atoms with van der Waals surface area (Å²) in [5.41, 5.74) is 4.42. The standard InChI is InChI=1S/C23H21NO3/c1-23(2,3)16-6-4-15(5-7-16)14-26-18-9-11-20-22(13-18)27-21-12-17(25)8-10-19(21)24-20/h4-13H,14H2,1-3H3. The molecule has 27 heavy (non-hydrogen) atoms. The molecule has 0 N–H and O–H groups in total. The molecule has 4 rings (SSSR count). The first-order chi connectivity index (χ1) is 12.9. The van der Waals surface area contributed by atoms with Gasteiger partial charge in [-0.25, -0.2) is 4.98 Å². The molecule has 2 aliphatic rings. The average molecular weight is 359 g/mol. The number of rotatable bonds is 3. The molecule has 2 aromatic carbocycles. The molecule has 0 radical (unpaired) electrons. The Hall–Kier alpha value is -3.14. The number of fused-ring (bicyclic) bond motifs is 2. The highest BCUT2D eigenvalue weighted by Crippen LogP contribution is 2.27. The Labute approximate surface area is 157 Å². The fourth-order valence-electron chi connectivity index (χ4n) is 2.94. The molecule has 0 bridgehead atoms. The van der Waals surface area contributed by atoms with Crippen LogP contribution in [0.3, 0.4) is 0 Å². The van der Waals surface area contributed by atoms with Crippen molar-refractivity contribution in [1.82, 2.24) is 4.98 Å². The van der Waals surface area contributed by atoms with Gasteiger partial charge in [-0.3, -0.25) is 4.79 Å². The summed E-state index contributed by atoms with van der Waals surface area (Å²) in [6.07, 6.45) is 0. The van der Waals surface area contributed by atoms with Crippen LogP contribution >= 0.6 is 0 Å². The molecule has 136 valence electrons. The lowest BCUT2D eigenvalue weighted by Gasteiger charge is -2.19. The Morgan fingerprint density at radius 2 is 1.74 bits per heavy atom. The minimum absolute atomic E-state index is 0.0986. The third kappa shape index (κ3) is 3.70. The van der Waals surface area contributed by atoms with Crippen LogP contribution in [0.15, 0.2) is 69.9 Å². The Morgan fingerprint density at radius 3 is 2.48 bits per heavy atom. The molecule has 1 aliphatic carbocycles. The Morgan fingerprint density at radius 1 is 0.963 bits per heavy atom. The zero-order valence-electron chi connectivity index (χ0n) is 15.7. The van der Waals surface area contributed by atoms with E-state index in [0.29, 0.717) is 29.4 Å². The summed E-state index contributed by atoms with van der Waals surface area (Å²) >= 11 is 0. The maximum absolute atomic E-state index is 11.5. The maximum atomic E-state index is 11.5. The second-order valence-electron chi connectivity index (χ2n) is 7.71. The van der Waals surface area contributed by atoms with Crippen molar-refractivity contribution in [2.45, 2.75) is 32.8 Å². The summed E-state index contributed by atoms with van der Waals surface area (Å²) in [7, 11) is 0. The van der Waals surface area contributed by atoms with E-state index in [1.54, 1.807) is 6.07 Å². The molecule has 2 aromatic rings. The first-order valence-electron chi connectivity index (χ1n) is 8.95. The second-order valence-corrected chi connectivity index (χ2v) is 7.71. The molecule has 0 unspecified atom stereocenters. The second kappa shape index (κ2) is 6.54. The number of aromatic nitrogens is 1. The van der Waals surface area contributed by atoms with Crippen molar-refractivity contribution in [3.05, 3.63) is 82.0 Å². The van der Waals surface area contributed by atoms with Crippen LogP contribution in [-0.4, -0.2) is 4.98 Å². The molecule has 4 heteroatoms. The largest absolute Gasteiger partial charge is 0.489 e. The molecule has 0 amide bonds. The third-order valence-corrected chi connectivity index (χ3v) is 4.55. The van der Waals surface area contributed by atoms with Crippen LogP contribution in [0.5, 0.6) is 5.75 Å². The summed E-state index contributed by atoms with van der Waals surface area (Å²) in [5, 5.41) is 0. The lowest BCUT2D eigenvalue weighted by atomic mass is 9.87. The molecular weight excluding hydrogens is 338 g/mol. The van der Waals surface area contributed by atoms with Crippen molar-refractivity contribution in [2.24, 2.45) is 0 Å². The van der Waals surface area contributed by atoms with E-state index >= 15 is 0 Å². The quantitative estimate of drug-likeness (QED) is 0.474. The van der Waals surface area contributed by atoms with E-state index < -0.39 is 0 Å². The first kappa shape index (κ1) is 17.3. The van der Waals surface area contributed by atoms with E-state index in [9.17, 15) is 4.79 Å². The molecule has 1 aliphatic heterocycles. The van der Waals surface area contributed by atoms with E-state index in [0.717, 1.165) is 11.1 Å². The number of hydrogen-bond acceptors (Lipinski definition) is 4. The fraction of sp³-hybridized carbons (Fsp3) is 0.217. The van der Waals surface area contributed by atoms with Crippen molar-refractivity contribution in [3.63, 3.8) is 0 Å². The highest BCUT2D eigenvalue weighted by molar-refractivity contribution is 5.77. The SMILES string of the molecule is CC(C)(C)c1ccc(COc2ccc3nc4ccc(=O)cc-4oc3c2)cc1. The molecule has 1 heterocycles. The van der Waals surface area contributed by atoms with E-state index in [1.165, 1.54) is 17.7 Å². The summed E-state index contributed by atoms with van der Waals surface area (Å²) in [4.78, 5) is 16.0. The zero-order chi connectivity index (χ0) is 19.0. The highest BCUT2D eigenvalue weighted by atomic mass is 16.5. The van der Waals surface area contributed by atoms with Crippen molar-refractivity contribution in [3.8, 4) is 17.2 Å². The van der Waals surface area contributed by atoms with E-state index in [2.05, 4.69) is 50.0 Å². The molecule has 0 saturated heterocycles. The van der Waals surface area contributed by atoms with Gasteiger partial charge >= 0.3 is 0 Å². The van der Waals surface area contributed by atoms with Crippen LogP contribution in [0.1, 0.15) is 31.9 Å². The summed E-state index contributed by atoms with van der Waals surface area (Å²) < 4.78 is 11.7. The van der Waals surface area contributed by atoms with Crippen molar-refractivity contribution in [1.29, 1.82) is 0 Å². The summed E-state index contributed by atoms with van der Waals surface area (Å²) in [6.45, 7) is 7.07. The summed E-state index contributed by atoms with van der Waals surface area (Å²) in [5.74, 6) is 1.18. The van der Waals surface area contributed by atoms with Crippen LogP contribution in [-0.2, 0) is 12.0 Å². The average Bonchev–Trinajstić information content (AvgIpc) is 2.64. The van der Waals surface area contributed by atoms with Crippen LogP contribution in [0.25, 0.3) is 22.6 Å². The van der Waals surface area contributed by atoms with Gasteiger partial charge < -0.3 is 9.15 Å². The van der Waals surface area contributed by atoms with Gasteiger partial charge in [-0.15, -0.1) is 0 Å². The molecule has 4 nitrogen and oxygen atoms in total. The Kier molecular flexibility index (Phi) is 4.19. The zero-order valence-corrected chi connectivity index (χ0v) is 15.7. The predicted octanol–water partition coefficient (Wildman–Crippen LogP) is 5.17. The van der Waals surface area contributed by atoms with Gasteiger partial charge in [0.15, 0.2) is 16.8 Å². The smallest absolute Gasteiger partial charge is 0.182 e. The van der Waals surface area contributed by atoms with Gasteiger partial charge in [-0.1, -0.05) is 45.0 Å². The predicted molar refractivity (Wildman–Crippen MR) is 106 cm³/mol. The Balaban J connectivity index is 1.56. The molecule has 0 atom stereocenters. The van der Waals surface area contributed by atoms with Crippen molar-refractivity contribution in [2.75, 3.05) is 0 Å². The molecule has 0 spiro atoms. The van der Waals surface area contributed by atoms with Gasteiger partial charge in [0.25, 0.3) is 0 Å². The highest BCUT2D eigenvalue weighted by Gasteiger charge is 2.13. The lowest BCUT2D eigenvalue weighted by molar-refractivity contribution is 0.306. The van der Waals surface area contributed by atoms with E-state index in [-0.39, 0.29) is 10.8 Å². The molecule has 0 aromatic heterocycles. The number of benzene rings is 3. The number of nitrogens with zero attached hydrogens (tertiary/aromatic N) is 1.